The molecule has 3 heteroatoms. The van der Waals surface area contributed by atoms with Gasteiger partial charge in [-0.2, -0.15) is 0 Å². The predicted molar refractivity (Wildman–Crippen MR) is 78.5 cm³/mol. The molecule has 1 aliphatic carbocycles. The zero-order valence-corrected chi connectivity index (χ0v) is 11.8. The fourth-order valence-electron chi connectivity index (χ4n) is 2.84. The number of carbonyl (C=O) groups is 1. The molecule has 0 heterocycles. The topological polar surface area (TPSA) is 46.3 Å². The summed E-state index contributed by atoms with van der Waals surface area (Å²) in [5.41, 5.74) is 7.69. The minimum absolute atomic E-state index is 0.232. The lowest BCUT2D eigenvalue weighted by Gasteiger charge is -2.19. The van der Waals surface area contributed by atoms with Gasteiger partial charge in [0, 0.05) is 25.7 Å². The summed E-state index contributed by atoms with van der Waals surface area (Å²) < 4.78 is 0. The number of nitrogens with two attached hydrogens (primary N) is 1. The summed E-state index contributed by atoms with van der Waals surface area (Å²) in [5.74, 6) is 1.01. The van der Waals surface area contributed by atoms with Gasteiger partial charge in [0.15, 0.2) is 0 Å². The third-order valence-electron chi connectivity index (χ3n) is 4.13. The van der Waals surface area contributed by atoms with E-state index in [4.69, 9.17) is 5.73 Å². The summed E-state index contributed by atoms with van der Waals surface area (Å²) >= 11 is 0. The smallest absolute Gasteiger partial charge is 0.222 e. The van der Waals surface area contributed by atoms with Gasteiger partial charge >= 0.3 is 0 Å². The van der Waals surface area contributed by atoms with E-state index >= 15 is 0 Å². The van der Waals surface area contributed by atoms with Crippen molar-refractivity contribution in [1.29, 1.82) is 0 Å². The molecule has 0 spiro atoms. The van der Waals surface area contributed by atoms with Gasteiger partial charge in [0.25, 0.3) is 0 Å². The van der Waals surface area contributed by atoms with E-state index in [1.54, 1.807) is 4.90 Å². The Balaban J connectivity index is 1.80. The maximum absolute atomic E-state index is 12.1. The number of nitrogen functional groups attached to an aromatic ring is 1. The van der Waals surface area contributed by atoms with Crippen LogP contribution in [0.3, 0.4) is 0 Å². The van der Waals surface area contributed by atoms with Crippen LogP contribution in [0, 0.1) is 5.92 Å². The highest BCUT2D eigenvalue weighted by Crippen LogP contribution is 2.28. The Morgan fingerprint density at radius 3 is 2.68 bits per heavy atom. The minimum Gasteiger partial charge on any atom is -0.398 e. The van der Waals surface area contributed by atoms with E-state index in [0.29, 0.717) is 13.0 Å². The molecule has 2 N–H and O–H groups in total. The van der Waals surface area contributed by atoms with Crippen molar-refractivity contribution in [2.45, 2.75) is 45.1 Å². The SMILES string of the molecule is CN(Cc1ccccc1N)C(=O)CCC1CCCC1. The second-order valence-corrected chi connectivity index (χ2v) is 5.64. The Labute approximate surface area is 115 Å². The second kappa shape index (κ2) is 6.60. The number of nitrogens with zero attached hydrogens (tertiary/aromatic N) is 1. The lowest BCUT2D eigenvalue weighted by atomic mass is 10.0. The monoisotopic (exact) mass is 260 g/mol. The Bertz CT molecular complexity index is 425. The van der Waals surface area contributed by atoms with Crippen molar-refractivity contribution >= 4 is 11.6 Å². The molecular formula is C16H24N2O. The van der Waals surface area contributed by atoms with E-state index in [-0.39, 0.29) is 5.91 Å². The van der Waals surface area contributed by atoms with Gasteiger partial charge in [0.1, 0.15) is 0 Å². The third kappa shape index (κ3) is 3.98. The molecule has 3 nitrogen and oxygen atoms in total. The number of hydrogen-bond donors (Lipinski definition) is 1. The molecule has 0 aliphatic heterocycles. The van der Waals surface area contributed by atoms with Crippen LogP contribution in [0.15, 0.2) is 24.3 Å². The maximum Gasteiger partial charge on any atom is 0.222 e. The van der Waals surface area contributed by atoms with Gasteiger partial charge < -0.3 is 10.6 Å². The molecule has 1 fully saturated rings. The average molecular weight is 260 g/mol. The molecule has 0 aromatic heterocycles. The fraction of sp³-hybridized carbons (Fsp3) is 0.562. The number of rotatable bonds is 5. The molecule has 0 bridgehead atoms. The van der Waals surface area contributed by atoms with E-state index in [0.717, 1.165) is 23.6 Å². The second-order valence-electron chi connectivity index (χ2n) is 5.64. The minimum atomic E-state index is 0.232. The Morgan fingerprint density at radius 1 is 1.32 bits per heavy atom. The molecular weight excluding hydrogens is 236 g/mol. The summed E-state index contributed by atoms with van der Waals surface area (Å²) in [6, 6.07) is 7.74. The third-order valence-corrected chi connectivity index (χ3v) is 4.13. The van der Waals surface area contributed by atoms with Gasteiger partial charge in [0.05, 0.1) is 0 Å². The van der Waals surface area contributed by atoms with E-state index in [1.807, 2.05) is 31.3 Å². The first-order chi connectivity index (χ1) is 9.16. The summed E-state index contributed by atoms with van der Waals surface area (Å²) in [5, 5.41) is 0. The van der Waals surface area contributed by atoms with Crippen molar-refractivity contribution < 1.29 is 4.79 Å². The average Bonchev–Trinajstić information content (AvgIpc) is 2.91. The Morgan fingerprint density at radius 2 is 2.00 bits per heavy atom. The van der Waals surface area contributed by atoms with Gasteiger partial charge in [-0.1, -0.05) is 43.9 Å². The summed E-state index contributed by atoms with van der Waals surface area (Å²) in [4.78, 5) is 13.9. The highest BCUT2D eigenvalue weighted by atomic mass is 16.2. The van der Waals surface area contributed by atoms with E-state index < -0.39 is 0 Å². The lowest BCUT2D eigenvalue weighted by Crippen LogP contribution is -2.26. The molecule has 0 radical (unpaired) electrons. The molecule has 0 atom stereocenters. The van der Waals surface area contributed by atoms with Crippen molar-refractivity contribution in [2.24, 2.45) is 5.92 Å². The number of carbonyl (C=O) groups excluding carboxylic acids is 1. The van der Waals surface area contributed by atoms with Crippen LogP contribution in [-0.2, 0) is 11.3 Å². The molecule has 1 aliphatic rings. The van der Waals surface area contributed by atoms with Crippen LogP contribution in [0.1, 0.15) is 44.1 Å². The van der Waals surface area contributed by atoms with Crippen molar-refractivity contribution in [3.63, 3.8) is 0 Å². The number of para-hydroxylation sites is 1. The van der Waals surface area contributed by atoms with E-state index in [2.05, 4.69) is 0 Å². The fourth-order valence-corrected chi connectivity index (χ4v) is 2.84. The normalized spacial score (nSPS) is 15.6. The van der Waals surface area contributed by atoms with Crippen LogP contribution in [0.2, 0.25) is 0 Å². The Hall–Kier alpha value is -1.51. The lowest BCUT2D eigenvalue weighted by molar-refractivity contribution is -0.130. The molecule has 0 saturated heterocycles. The summed E-state index contributed by atoms with van der Waals surface area (Å²) in [7, 11) is 1.86. The summed E-state index contributed by atoms with van der Waals surface area (Å²) in [6.07, 6.45) is 7.02. The molecule has 1 aromatic rings. The predicted octanol–water partition coefficient (Wildman–Crippen LogP) is 3.20. The van der Waals surface area contributed by atoms with Crippen molar-refractivity contribution in [3.05, 3.63) is 29.8 Å². The number of amides is 1. The first-order valence-electron chi connectivity index (χ1n) is 7.24. The molecule has 19 heavy (non-hydrogen) atoms. The van der Waals surface area contributed by atoms with Crippen LogP contribution < -0.4 is 5.73 Å². The van der Waals surface area contributed by atoms with Crippen LogP contribution in [0.25, 0.3) is 0 Å². The molecule has 1 aromatic carbocycles. The zero-order valence-electron chi connectivity index (χ0n) is 11.8. The molecule has 2 rings (SSSR count). The molecule has 0 unspecified atom stereocenters. The van der Waals surface area contributed by atoms with Crippen molar-refractivity contribution in [3.8, 4) is 0 Å². The van der Waals surface area contributed by atoms with Gasteiger partial charge in [-0.25, -0.2) is 0 Å². The van der Waals surface area contributed by atoms with Crippen LogP contribution in [0.4, 0.5) is 5.69 Å². The molecule has 104 valence electrons. The van der Waals surface area contributed by atoms with Gasteiger partial charge in [-0.05, 0) is 24.0 Å². The first-order valence-corrected chi connectivity index (χ1v) is 7.24. The van der Waals surface area contributed by atoms with Crippen LogP contribution in [0.5, 0.6) is 0 Å². The van der Waals surface area contributed by atoms with Gasteiger partial charge in [-0.3, -0.25) is 4.79 Å². The quantitative estimate of drug-likeness (QED) is 0.826. The number of hydrogen-bond acceptors (Lipinski definition) is 2. The molecule has 1 saturated carbocycles. The number of benzene rings is 1. The highest BCUT2D eigenvalue weighted by Gasteiger charge is 2.17. The van der Waals surface area contributed by atoms with Crippen molar-refractivity contribution in [2.75, 3.05) is 12.8 Å². The Kier molecular flexibility index (Phi) is 4.83. The zero-order chi connectivity index (χ0) is 13.7. The standard InChI is InChI=1S/C16H24N2O/c1-18(12-14-8-4-5-9-15(14)17)16(19)11-10-13-6-2-3-7-13/h4-5,8-9,13H,2-3,6-7,10-12,17H2,1H3. The number of anilines is 1. The van der Waals surface area contributed by atoms with Crippen LogP contribution in [-0.4, -0.2) is 17.9 Å². The largest absolute Gasteiger partial charge is 0.398 e. The van der Waals surface area contributed by atoms with Crippen molar-refractivity contribution in [1.82, 2.24) is 4.90 Å². The van der Waals surface area contributed by atoms with E-state index in [9.17, 15) is 4.79 Å². The van der Waals surface area contributed by atoms with Gasteiger partial charge in [-0.15, -0.1) is 0 Å². The van der Waals surface area contributed by atoms with E-state index in [1.165, 1.54) is 25.7 Å². The maximum atomic E-state index is 12.1. The van der Waals surface area contributed by atoms with Gasteiger partial charge in [0.2, 0.25) is 5.91 Å². The van der Waals surface area contributed by atoms with Crippen LogP contribution >= 0.6 is 0 Å². The first kappa shape index (κ1) is 13.9. The summed E-state index contributed by atoms with van der Waals surface area (Å²) in [6.45, 7) is 0.607. The highest BCUT2D eigenvalue weighted by molar-refractivity contribution is 5.76. The molecule has 1 amide bonds.